The van der Waals surface area contributed by atoms with E-state index in [9.17, 15) is 4.39 Å². The molecule has 2 aliphatic carbocycles. The topological polar surface area (TPSA) is 12.0 Å². The Morgan fingerprint density at radius 3 is 2.44 bits per heavy atom. The summed E-state index contributed by atoms with van der Waals surface area (Å²) in [7, 11) is 0. The Labute approximate surface area is 109 Å². The predicted molar refractivity (Wildman–Crippen MR) is 71.8 cm³/mol. The van der Waals surface area contributed by atoms with E-state index in [0.29, 0.717) is 11.5 Å². The molecule has 2 saturated carbocycles. The molecule has 0 radical (unpaired) electrons. The van der Waals surface area contributed by atoms with Gasteiger partial charge in [-0.25, -0.2) is 4.39 Å². The molecule has 1 nitrogen and oxygen atoms in total. The molecule has 1 atom stereocenters. The van der Waals surface area contributed by atoms with Crippen molar-refractivity contribution in [3.05, 3.63) is 35.6 Å². The number of nitrogens with one attached hydrogen (secondary N) is 1. The third kappa shape index (κ3) is 2.44. The zero-order chi connectivity index (χ0) is 12.6. The van der Waals surface area contributed by atoms with E-state index in [1.165, 1.54) is 31.2 Å². The minimum absolute atomic E-state index is 0.148. The van der Waals surface area contributed by atoms with E-state index in [0.717, 1.165) is 18.9 Å². The minimum Gasteiger partial charge on any atom is -0.309 e. The first-order chi connectivity index (χ1) is 8.73. The van der Waals surface area contributed by atoms with Crippen molar-refractivity contribution in [3.8, 4) is 0 Å². The summed E-state index contributed by atoms with van der Waals surface area (Å²) in [6, 6.07) is 7.32. The molecule has 0 amide bonds. The Kier molecular flexibility index (Phi) is 3.14. The normalized spacial score (nSPS) is 22.8. The van der Waals surface area contributed by atoms with Gasteiger partial charge in [-0.2, -0.15) is 0 Å². The van der Waals surface area contributed by atoms with Gasteiger partial charge in [-0.1, -0.05) is 19.1 Å². The van der Waals surface area contributed by atoms with Gasteiger partial charge in [0.2, 0.25) is 0 Å². The summed E-state index contributed by atoms with van der Waals surface area (Å²) in [5, 5.41) is 3.71. The zero-order valence-electron chi connectivity index (χ0n) is 11.1. The van der Waals surface area contributed by atoms with Crippen molar-refractivity contribution >= 4 is 0 Å². The van der Waals surface area contributed by atoms with Crippen molar-refractivity contribution in [2.75, 3.05) is 6.54 Å². The van der Waals surface area contributed by atoms with Crippen molar-refractivity contribution in [1.29, 1.82) is 0 Å². The quantitative estimate of drug-likeness (QED) is 0.799. The third-order valence-electron chi connectivity index (χ3n) is 4.72. The Morgan fingerprint density at radius 1 is 1.28 bits per heavy atom. The van der Waals surface area contributed by atoms with E-state index in [2.05, 4.69) is 12.2 Å². The van der Waals surface area contributed by atoms with Crippen LogP contribution in [0.25, 0.3) is 0 Å². The van der Waals surface area contributed by atoms with Crippen LogP contribution < -0.4 is 5.32 Å². The van der Waals surface area contributed by atoms with E-state index in [-0.39, 0.29) is 5.82 Å². The lowest BCUT2D eigenvalue weighted by Gasteiger charge is -2.22. The monoisotopic (exact) mass is 247 g/mol. The fraction of sp³-hybridized carbons (Fsp3) is 0.625. The first kappa shape index (κ1) is 12.2. The summed E-state index contributed by atoms with van der Waals surface area (Å²) < 4.78 is 12.9. The lowest BCUT2D eigenvalue weighted by atomic mass is 9.98. The Balaban J connectivity index is 1.60. The van der Waals surface area contributed by atoms with Crippen LogP contribution in [0.2, 0.25) is 0 Å². The molecule has 0 aromatic heterocycles. The van der Waals surface area contributed by atoms with Crippen LogP contribution in [0.4, 0.5) is 4.39 Å². The molecule has 98 valence electrons. The zero-order valence-corrected chi connectivity index (χ0v) is 11.1. The molecule has 2 fully saturated rings. The molecule has 0 saturated heterocycles. The maximum absolute atomic E-state index is 12.9. The van der Waals surface area contributed by atoms with Crippen molar-refractivity contribution in [1.82, 2.24) is 5.32 Å². The van der Waals surface area contributed by atoms with Crippen LogP contribution in [-0.2, 0) is 0 Å². The largest absolute Gasteiger partial charge is 0.309 e. The minimum atomic E-state index is -0.148. The number of hydrogen-bond donors (Lipinski definition) is 1. The molecule has 2 aliphatic rings. The number of halogens is 1. The number of hydrogen-bond acceptors (Lipinski definition) is 1. The van der Waals surface area contributed by atoms with E-state index in [4.69, 9.17) is 0 Å². The van der Waals surface area contributed by atoms with Gasteiger partial charge in [-0.15, -0.1) is 0 Å². The number of benzene rings is 1. The summed E-state index contributed by atoms with van der Waals surface area (Å²) in [5.41, 5.74) is 1.85. The Bertz CT molecular complexity index is 404. The van der Waals surface area contributed by atoms with Crippen LogP contribution in [0.1, 0.15) is 50.6 Å². The molecule has 1 unspecified atom stereocenters. The van der Waals surface area contributed by atoms with Gasteiger partial charge in [0.25, 0.3) is 0 Å². The maximum atomic E-state index is 12.9. The molecule has 0 spiro atoms. The molecule has 2 heteroatoms. The third-order valence-corrected chi connectivity index (χ3v) is 4.72. The average molecular weight is 247 g/mol. The fourth-order valence-electron chi connectivity index (χ4n) is 3.11. The van der Waals surface area contributed by atoms with E-state index < -0.39 is 0 Å². The molecule has 1 aromatic rings. The van der Waals surface area contributed by atoms with Gasteiger partial charge in [0, 0.05) is 12.6 Å². The number of rotatable bonds is 6. The second-order valence-electron chi connectivity index (χ2n) is 6.03. The second kappa shape index (κ2) is 4.65. The van der Waals surface area contributed by atoms with Gasteiger partial charge < -0.3 is 5.32 Å². The lowest BCUT2D eigenvalue weighted by Crippen LogP contribution is -2.29. The van der Waals surface area contributed by atoms with Crippen molar-refractivity contribution in [2.45, 2.75) is 45.1 Å². The van der Waals surface area contributed by atoms with E-state index in [1.54, 1.807) is 12.1 Å². The molecule has 0 bridgehead atoms. The van der Waals surface area contributed by atoms with Gasteiger partial charge >= 0.3 is 0 Å². The predicted octanol–water partition coefficient (Wildman–Crippen LogP) is 4.06. The van der Waals surface area contributed by atoms with E-state index in [1.807, 2.05) is 12.1 Å². The van der Waals surface area contributed by atoms with Crippen LogP contribution >= 0.6 is 0 Å². The first-order valence-corrected chi connectivity index (χ1v) is 7.22. The van der Waals surface area contributed by atoms with Crippen LogP contribution in [0.15, 0.2) is 24.3 Å². The highest BCUT2D eigenvalue weighted by Crippen LogP contribution is 2.61. The van der Waals surface area contributed by atoms with Crippen molar-refractivity contribution < 1.29 is 4.39 Å². The summed E-state index contributed by atoms with van der Waals surface area (Å²) >= 11 is 0. The van der Waals surface area contributed by atoms with Gasteiger partial charge in [0.1, 0.15) is 5.82 Å². The second-order valence-corrected chi connectivity index (χ2v) is 6.03. The van der Waals surface area contributed by atoms with Gasteiger partial charge in [0.15, 0.2) is 0 Å². The van der Waals surface area contributed by atoms with Crippen LogP contribution in [-0.4, -0.2) is 6.54 Å². The summed E-state index contributed by atoms with van der Waals surface area (Å²) in [6.07, 6.45) is 6.76. The molecule has 18 heavy (non-hydrogen) atoms. The van der Waals surface area contributed by atoms with Gasteiger partial charge in [-0.05, 0) is 61.1 Å². The molecular formula is C16H22FN. The Hall–Kier alpha value is -0.890. The van der Waals surface area contributed by atoms with Crippen LogP contribution in [0, 0.1) is 17.2 Å². The SMILES string of the molecule is CCC(NCC1(C2CC2)CC1)c1ccc(F)cc1. The summed E-state index contributed by atoms with van der Waals surface area (Å²) in [6.45, 7) is 3.34. The summed E-state index contributed by atoms with van der Waals surface area (Å²) in [4.78, 5) is 0. The molecular weight excluding hydrogens is 225 g/mol. The highest BCUT2D eigenvalue weighted by molar-refractivity contribution is 5.20. The maximum Gasteiger partial charge on any atom is 0.123 e. The first-order valence-electron chi connectivity index (χ1n) is 7.22. The molecule has 1 N–H and O–H groups in total. The molecule has 1 aromatic carbocycles. The lowest BCUT2D eigenvalue weighted by molar-refractivity contribution is 0.370. The Morgan fingerprint density at radius 2 is 1.94 bits per heavy atom. The standard InChI is InChI=1S/C16H22FN/c1-2-15(12-3-7-14(17)8-4-12)18-11-16(9-10-16)13-5-6-13/h3-4,7-8,13,15,18H,2,5-6,9-11H2,1H3. The molecule has 0 aliphatic heterocycles. The van der Waals surface area contributed by atoms with Crippen LogP contribution in [0.5, 0.6) is 0 Å². The molecule has 3 rings (SSSR count). The summed E-state index contributed by atoms with van der Waals surface area (Å²) in [5.74, 6) is 0.848. The van der Waals surface area contributed by atoms with Gasteiger partial charge in [0.05, 0.1) is 0 Å². The average Bonchev–Trinajstić information content (AvgIpc) is 3.25. The highest BCUT2D eigenvalue weighted by Gasteiger charge is 2.53. The fourth-order valence-corrected chi connectivity index (χ4v) is 3.11. The smallest absolute Gasteiger partial charge is 0.123 e. The molecule has 0 heterocycles. The van der Waals surface area contributed by atoms with Gasteiger partial charge in [-0.3, -0.25) is 0 Å². The van der Waals surface area contributed by atoms with E-state index >= 15 is 0 Å². The van der Waals surface area contributed by atoms with Crippen LogP contribution in [0.3, 0.4) is 0 Å². The highest BCUT2D eigenvalue weighted by atomic mass is 19.1. The van der Waals surface area contributed by atoms with Crippen molar-refractivity contribution in [3.63, 3.8) is 0 Å². The van der Waals surface area contributed by atoms with Crippen molar-refractivity contribution in [2.24, 2.45) is 11.3 Å².